The van der Waals surface area contributed by atoms with Crippen LogP contribution in [0.15, 0.2) is 33.6 Å². The molecule has 4 nitrogen and oxygen atoms in total. The molecular formula is C14H21BrN2O2S. The number of rotatable bonds is 2. The molecule has 0 bridgehead atoms. The zero-order chi connectivity index (χ0) is 15.0. The van der Waals surface area contributed by atoms with Crippen molar-refractivity contribution >= 4 is 26.0 Å². The Morgan fingerprint density at radius 2 is 2.05 bits per heavy atom. The molecule has 1 fully saturated rings. The van der Waals surface area contributed by atoms with Crippen LogP contribution in [0.4, 0.5) is 0 Å². The van der Waals surface area contributed by atoms with Gasteiger partial charge < -0.3 is 5.32 Å². The van der Waals surface area contributed by atoms with E-state index >= 15 is 0 Å². The van der Waals surface area contributed by atoms with Gasteiger partial charge in [-0.2, -0.15) is 4.31 Å². The number of hydrogen-bond donors (Lipinski definition) is 1. The molecular weight excluding hydrogens is 340 g/mol. The van der Waals surface area contributed by atoms with Crippen LogP contribution in [0, 0.1) is 5.41 Å². The lowest BCUT2D eigenvalue weighted by atomic mass is 9.86. The Bertz CT molecular complexity index is 581. The lowest BCUT2D eigenvalue weighted by Crippen LogP contribution is -2.58. The Kier molecular flexibility index (Phi) is 4.59. The quantitative estimate of drug-likeness (QED) is 0.881. The minimum absolute atomic E-state index is 0.0415. The molecule has 1 aliphatic heterocycles. The smallest absolute Gasteiger partial charge is 0.243 e. The molecule has 0 spiro atoms. The van der Waals surface area contributed by atoms with E-state index in [0.29, 0.717) is 24.5 Å². The molecule has 1 saturated heterocycles. The first-order chi connectivity index (χ1) is 9.23. The van der Waals surface area contributed by atoms with Crippen LogP contribution < -0.4 is 5.32 Å². The van der Waals surface area contributed by atoms with Gasteiger partial charge in [-0.25, -0.2) is 8.42 Å². The van der Waals surface area contributed by atoms with Gasteiger partial charge in [-0.05, 0) is 23.6 Å². The van der Waals surface area contributed by atoms with Gasteiger partial charge in [0.05, 0.1) is 4.90 Å². The second kappa shape index (κ2) is 5.75. The SMILES string of the molecule is CC(C)(C)C1CNCCN1S(=O)(=O)c1cccc(Br)c1. The highest BCUT2D eigenvalue weighted by molar-refractivity contribution is 9.10. The molecule has 1 aliphatic rings. The normalized spacial score (nSPS) is 21.9. The lowest BCUT2D eigenvalue weighted by molar-refractivity contribution is 0.148. The minimum Gasteiger partial charge on any atom is -0.314 e. The molecule has 0 radical (unpaired) electrons. The van der Waals surface area contributed by atoms with E-state index in [4.69, 9.17) is 0 Å². The molecule has 0 amide bonds. The predicted octanol–water partition coefficient (Wildman–Crippen LogP) is 2.46. The van der Waals surface area contributed by atoms with E-state index in [0.717, 1.165) is 4.47 Å². The monoisotopic (exact) mass is 360 g/mol. The summed E-state index contributed by atoms with van der Waals surface area (Å²) in [6, 6.07) is 6.86. The Hall–Kier alpha value is -0.430. The summed E-state index contributed by atoms with van der Waals surface area (Å²) in [5.74, 6) is 0. The standard InChI is InChI=1S/C14H21BrN2O2S/c1-14(2,3)13-10-16-7-8-17(13)20(18,19)12-6-4-5-11(15)9-12/h4-6,9,13,16H,7-8,10H2,1-3H3. The van der Waals surface area contributed by atoms with Gasteiger partial charge in [-0.15, -0.1) is 0 Å². The second-order valence-corrected chi connectivity index (χ2v) is 8.97. The molecule has 1 heterocycles. The Balaban J connectivity index is 2.41. The molecule has 0 saturated carbocycles. The highest BCUT2D eigenvalue weighted by atomic mass is 79.9. The van der Waals surface area contributed by atoms with Gasteiger partial charge in [0.1, 0.15) is 0 Å². The van der Waals surface area contributed by atoms with Gasteiger partial charge in [0.25, 0.3) is 0 Å². The van der Waals surface area contributed by atoms with E-state index in [1.807, 2.05) is 6.07 Å². The summed E-state index contributed by atoms with van der Waals surface area (Å²) in [6.07, 6.45) is 0. The summed E-state index contributed by atoms with van der Waals surface area (Å²) in [5.41, 5.74) is -0.105. The summed E-state index contributed by atoms with van der Waals surface area (Å²) in [5, 5.41) is 3.29. The fourth-order valence-electron chi connectivity index (χ4n) is 2.47. The van der Waals surface area contributed by atoms with Crippen molar-refractivity contribution in [1.29, 1.82) is 0 Å². The molecule has 1 atom stereocenters. The van der Waals surface area contributed by atoms with Gasteiger partial charge in [-0.1, -0.05) is 42.8 Å². The first kappa shape index (κ1) is 15.9. The fraction of sp³-hybridized carbons (Fsp3) is 0.571. The van der Waals surface area contributed by atoms with Crippen molar-refractivity contribution in [3.8, 4) is 0 Å². The minimum atomic E-state index is -3.45. The molecule has 20 heavy (non-hydrogen) atoms. The number of halogens is 1. The first-order valence-corrected chi connectivity index (χ1v) is 8.94. The third kappa shape index (κ3) is 3.24. The van der Waals surface area contributed by atoms with Gasteiger partial charge >= 0.3 is 0 Å². The van der Waals surface area contributed by atoms with Gasteiger partial charge in [0.15, 0.2) is 0 Å². The van der Waals surface area contributed by atoms with Crippen LogP contribution >= 0.6 is 15.9 Å². The summed E-state index contributed by atoms with van der Waals surface area (Å²) >= 11 is 3.34. The van der Waals surface area contributed by atoms with Gasteiger partial charge in [0, 0.05) is 30.1 Å². The van der Waals surface area contributed by atoms with Crippen molar-refractivity contribution in [2.24, 2.45) is 5.41 Å². The number of nitrogens with one attached hydrogen (secondary N) is 1. The molecule has 0 aromatic heterocycles. The molecule has 1 aromatic carbocycles. The van der Waals surface area contributed by atoms with Crippen molar-refractivity contribution in [1.82, 2.24) is 9.62 Å². The molecule has 1 N–H and O–H groups in total. The van der Waals surface area contributed by atoms with E-state index in [1.165, 1.54) is 0 Å². The summed E-state index contributed by atoms with van der Waals surface area (Å²) < 4.78 is 28.2. The van der Waals surface area contributed by atoms with Crippen LogP contribution in [0.25, 0.3) is 0 Å². The molecule has 2 rings (SSSR count). The predicted molar refractivity (Wildman–Crippen MR) is 84.1 cm³/mol. The van der Waals surface area contributed by atoms with Crippen LogP contribution in [-0.2, 0) is 10.0 Å². The van der Waals surface area contributed by atoms with Crippen molar-refractivity contribution < 1.29 is 8.42 Å². The van der Waals surface area contributed by atoms with Crippen molar-refractivity contribution in [2.75, 3.05) is 19.6 Å². The van der Waals surface area contributed by atoms with E-state index in [2.05, 4.69) is 42.0 Å². The number of sulfonamides is 1. The van der Waals surface area contributed by atoms with Crippen molar-refractivity contribution in [3.05, 3.63) is 28.7 Å². The molecule has 112 valence electrons. The second-order valence-electron chi connectivity index (χ2n) is 6.16. The highest BCUT2D eigenvalue weighted by Crippen LogP contribution is 2.30. The number of piperazine rings is 1. The number of benzene rings is 1. The van der Waals surface area contributed by atoms with E-state index in [1.54, 1.807) is 22.5 Å². The van der Waals surface area contributed by atoms with Crippen LogP contribution in [0.5, 0.6) is 0 Å². The zero-order valence-corrected chi connectivity index (χ0v) is 14.5. The number of hydrogen-bond acceptors (Lipinski definition) is 3. The van der Waals surface area contributed by atoms with E-state index in [-0.39, 0.29) is 11.5 Å². The van der Waals surface area contributed by atoms with E-state index < -0.39 is 10.0 Å². The fourth-order valence-corrected chi connectivity index (χ4v) is 4.88. The van der Waals surface area contributed by atoms with Crippen LogP contribution in [0.3, 0.4) is 0 Å². The Labute approximate surface area is 129 Å². The zero-order valence-electron chi connectivity index (χ0n) is 12.1. The van der Waals surface area contributed by atoms with Crippen LogP contribution in [0.2, 0.25) is 0 Å². The van der Waals surface area contributed by atoms with Crippen molar-refractivity contribution in [3.63, 3.8) is 0 Å². The maximum Gasteiger partial charge on any atom is 0.243 e. The number of nitrogens with zero attached hydrogens (tertiary/aromatic N) is 1. The summed E-state index contributed by atoms with van der Waals surface area (Å²) in [7, 11) is -3.45. The maximum atomic E-state index is 12.9. The average Bonchev–Trinajstić information content (AvgIpc) is 2.38. The molecule has 0 aliphatic carbocycles. The van der Waals surface area contributed by atoms with Gasteiger partial charge in [0.2, 0.25) is 10.0 Å². The molecule has 6 heteroatoms. The highest BCUT2D eigenvalue weighted by Gasteiger charge is 2.39. The average molecular weight is 361 g/mol. The topological polar surface area (TPSA) is 49.4 Å². The Morgan fingerprint density at radius 3 is 2.65 bits per heavy atom. The van der Waals surface area contributed by atoms with Gasteiger partial charge in [-0.3, -0.25) is 0 Å². The van der Waals surface area contributed by atoms with Crippen LogP contribution in [0.1, 0.15) is 20.8 Å². The molecule has 1 aromatic rings. The third-order valence-corrected chi connectivity index (χ3v) is 5.99. The Morgan fingerprint density at radius 1 is 1.35 bits per heavy atom. The lowest BCUT2D eigenvalue weighted by Gasteiger charge is -2.42. The van der Waals surface area contributed by atoms with Crippen LogP contribution in [-0.4, -0.2) is 38.4 Å². The summed E-state index contributed by atoms with van der Waals surface area (Å²) in [6.45, 7) is 8.13. The van der Waals surface area contributed by atoms with Crippen molar-refractivity contribution in [2.45, 2.75) is 31.7 Å². The largest absolute Gasteiger partial charge is 0.314 e. The maximum absolute atomic E-state index is 12.9. The molecule has 1 unspecified atom stereocenters. The van der Waals surface area contributed by atoms with E-state index in [9.17, 15) is 8.42 Å². The first-order valence-electron chi connectivity index (χ1n) is 6.71. The third-order valence-electron chi connectivity index (χ3n) is 3.60. The summed E-state index contributed by atoms with van der Waals surface area (Å²) in [4.78, 5) is 0.350.